The Bertz CT molecular complexity index is 723. The van der Waals surface area contributed by atoms with Crippen molar-refractivity contribution >= 4 is 17.5 Å². The molecule has 0 radical (unpaired) electrons. The van der Waals surface area contributed by atoms with Gasteiger partial charge in [0, 0.05) is 12.1 Å². The highest BCUT2D eigenvalue weighted by molar-refractivity contribution is 6.32. The van der Waals surface area contributed by atoms with Crippen molar-refractivity contribution in [2.24, 2.45) is 0 Å². The minimum Gasteiger partial charge on any atom is -0.495 e. The normalized spacial score (nSPS) is 12.0. The standard InChI is InChI=1S/C17H20ClFN2O5/c1-11(19)25-8-7-24-6-5-20-17(22)15-16(26-10-21-15)12-3-4-14(23-2)13(18)9-12/h3-4,9-11H,5-8H2,1-2H3,(H,20,22)/i19-1. The topological polar surface area (TPSA) is 82.8 Å². The molecule has 7 nitrogen and oxygen atoms in total. The van der Waals surface area contributed by atoms with E-state index in [2.05, 4.69) is 10.3 Å². The van der Waals surface area contributed by atoms with Gasteiger partial charge in [-0.1, -0.05) is 11.6 Å². The summed E-state index contributed by atoms with van der Waals surface area (Å²) in [5.41, 5.74) is 0.744. The highest BCUT2D eigenvalue weighted by Gasteiger charge is 2.19. The summed E-state index contributed by atoms with van der Waals surface area (Å²) in [6.45, 7) is 2.21. The van der Waals surface area contributed by atoms with Gasteiger partial charge in [-0.15, -0.1) is 0 Å². The van der Waals surface area contributed by atoms with Gasteiger partial charge < -0.3 is 23.9 Å². The summed E-state index contributed by atoms with van der Waals surface area (Å²) in [5.74, 6) is 0.417. The number of alkyl halides is 1. The summed E-state index contributed by atoms with van der Waals surface area (Å²) in [7, 11) is 1.51. The zero-order valence-electron chi connectivity index (χ0n) is 14.5. The minimum atomic E-state index is -1.32. The molecule has 0 spiro atoms. The van der Waals surface area contributed by atoms with Crippen molar-refractivity contribution in [3.05, 3.63) is 35.3 Å². The first-order valence-electron chi connectivity index (χ1n) is 7.92. The largest absolute Gasteiger partial charge is 0.495 e. The fraction of sp³-hybridized carbons (Fsp3) is 0.412. The second kappa shape index (κ2) is 10.1. The Morgan fingerprint density at radius 2 is 2.19 bits per heavy atom. The van der Waals surface area contributed by atoms with Crippen molar-refractivity contribution in [2.75, 3.05) is 33.5 Å². The Labute approximate surface area is 155 Å². The van der Waals surface area contributed by atoms with E-state index >= 15 is 0 Å². The van der Waals surface area contributed by atoms with E-state index in [1.807, 2.05) is 0 Å². The lowest BCUT2D eigenvalue weighted by Gasteiger charge is -2.08. The molecule has 142 valence electrons. The average molecular weight is 386 g/mol. The summed E-state index contributed by atoms with van der Waals surface area (Å²) < 4.78 is 32.8. The highest BCUT2D eigenvalue weighted by atomic mass is 35.5. The Kier molecular flexibility index (Phi) is 7.83. The molecule has 2 aromatic rings. The number of benzene rings is 1. The number of amides is 1. The van der Waals surface area contributed by atoms with Crippen molar-refractivity contribution < 1.29 is 27.8 Å². The molecule has 1 heterocycles. The summed E-state index contributed by atoms with van der Waals surface area (Å²) in [6, 6.07) is 5.03. The number of hydrogen-bond acceptors (Lipinski definition) is 6. The molecule has 0 bridgehead atoms. The van der Waals surface area contributed by atoms with Crippen LogP contribution < -0.4 is 10.1 Å². The number of aromatic nitrogens is 1. The molecular formula is C17H20ClFN2O5. The van der Waals surface area contributed by atoms with Gasteiger partial charge in [-0.2, -0.15) is 0 Å². The lowest BCUT2D eigenvalue weighted by Crippen LogP contribution is -2.28. The lowest BCUT2D eigenvalue weighted by molar-refractivity contribution is -0.0488. The smallest absolute Gasteiger partial charge is 0.274 e. The van der Waals surface area contributed by atoms with Gasteiger partial charge in [0.15, 0.2) is 24.2 Å². The number of nitrogens with zero attached hydrogens (tertiary/aromatic N) is 1. The number of carbonyl (C=O) groups excluding carboxylic acids is 1. The van der Waals surface area contributed by atoms with Crippen LogP contribution in [0.3, 0.4) is 0 Å². The first-order valence-corrected chi connectivity index (χ1v) is 8.29. The third-order valence-electron chi connectivity index (χ3n) is 3.30. The van der Waals surface area contributed by atoms with Gasteiger partial charge in [0.1, 0.15) is 5.75 Å². The van der Waals surface area contributed by atoms with Gasteiger partial charge in [-0.3, -0.25) is 4.79 Å². The SMILES string of the molecule is COc1ccc(-c2ocnc2C(=O)NCCOCCOC(C)[18F])cc1Cl. The van der Waals surface area contributed by atoms with Gasteiger partial charge in [0.2, 0.25) is 0 Å². The number of rotatable bonds is 10. The van der Waals surface area contributed by atoms with E-state index in [1.54, 1.807) is 18.2 Å². The molecule has 1 atom stereocenters. The van der Waals surface area contributed by atoms with Gasteiger partial charge in [0.25, 0.3) is 5.91 Å². The van der Waals surface area contributed by atoms with Crippen LogP contribution in [0.4, 0.5) is 4.39 Å². The first-order chi connectivity index (χ1) is 12.5. The summed E-state index contributed by atoms with van der Waals surface area (Å²) >= 11 is 6.10. The van der Waals surface area contributed by atoms with E-state index in [0.29, 0.717) is 22.1 Å². The van der Waals surface area contributed by atoms with E-state index in [-0.39, 0.29) is 32.1 Å². The van der Waals surface area contributed by atoms with Crippen LogP contribution in [0, 0.1) is 0 Å². The van der Waals surface area contributed by atoms with E-state index < -0.39 is 12.3 Å². The minimum absolute atomic E-state index is 0.140. The fourth-order valence-corrected chi connectivity index (χ4v) is 2.37. The zero-order chi connectivity index (χ0) is 18.9. The fourth-order valence-electron chi connectivity index (χ4n) is 2.11. The maximum Gasteiger partial charge on any atom is 0.274 e. The number of nitrogens with one attached hydrogen (secondary N) is 1. The molecule has 1 amide bonds. The molecule has 0 fully saturated rings. The zero-order valence-corrected chi connectivity index (χ0v) is 15.2. The van der Waals surface area contributed by atoms with Crippen LogP contribution in [0.2, 0.25) is 5.02 Å². The van der Waals surface area contributed by atoms with Crippen LogP contribution >= 0.6 is 11.6 Å². The van der Waals surface area contributed by atoms with Gasteiger partial charge in [-0.05, 0) is 25.1 Å². The van der Waals surface area contributed by atoms with E-state index in [1.165, 1.54) is 20.4 Å². The number of ether oxygens (including phenoxy) is 3. The van der Waals surface area contributed by atoms with Crippen molar-refractivity contribution in [1.29, 1.82) is 0 Å². The van der Waals surface area contributed by atoms with Crippen LogP contribution in [0.1, 0.15) is 17.4 Å². The molecule has 0 aliphatic rings. The molecule has 2 rings (SSSR count). The molecule has 0 aliphatic heterocycles. The third-order valence-corrected chi connectivity index (χ3v) is 3.60. The van der Waals surface area contributed by atoms with Crippen LogP contribution in [0.15, 0.2) is 29.0 Å². The second-order valence-electron chi connectivity index (χ2n) is 5.16. The van der Waals surface area contributed by atoms with Crippen molar-refractivity contribution in [3.63, 3.8) is 0 Å². The Hall–Kier alpha value is -2.16. The van der Waals surface area contributed by atoms with Crippen molar-refractivity contribution in [1.82, 2.24) is 10.3 Å². The number of halogens is 2. The third kappa shape index (κ3) is 5.69. The van der Waals surface area contributed by atoms with E-state index in [9.17, 15) is 9.18 Å². The second-order valence-corrected chi connectivity index (χ2v) is 5.57. The van der Waals surface area contributed by atoms with Gasteiger partial charge >= 0.3 is 0 Å². The average Bonchev–Trinajstić information content (AvgIpc) is 3.10. The number of hydrogen-bond donors (Lipinski definition) is 1. The summed E-state index contributed by atoms with van der Waals surface area (Å²) in [5, 5.41) is 3.07. The summed E-state index contributed by atoms with van der Waals surface area (Å²) in [4.78, 5) is 16.2. The van der Waals surface area contributed by atoms with Crippen LogP contribution in [-0.4, -0.2) is 50.7 Å². The molecule has 1 N–H and O–H groups in total. The van der Waals surface area contributed by atoms with Crippen LogP contribution in [0.5, 0.6) is 5.75 Å². The van der Waals surface area contributed by atoms with E-state index in [0.717, 1.165) is 0 Å². The van der Waals surface area contributed by atoms with Gasteiger partial charge in [0.05, 0.1) is 32.0 Å². The predicted molar refractivity (Wildman–Crippen MR) is 93.2 cm³/mol. The van der Waals surface area contributed by atoms with Gasteiger partial charge in [-0.25, -0.2) is 9.37 Å². The van der Waals surface area contributed by atoms with Crippen molar-refractivity contribution in [2.45, 2.75) is 13.3 Å². The molecule has 0 saturated heterocycles. The van der Waals surface area contributed by atoms with E-state index in [4.69, 9.17) is 30.2 Å². The molecule has 1 aromatic carbocycles. The Morgan fingerprint density at radius 1 is 1.38 bits per heavy atom. The number of carbonyl (C=O) groups is 1. The molecule has 0 aliphatic carbocycles. The van der Waals surface area contributed by atoms with Crippen LogP contribution in [-0.2, 0) is 9.47 Å². The number of methoxy groups -OCH3 is 1. The Morgan fingerprint density at radius 3 is 2.88 bits per heavy atom. The quantitative estimate of drug-likeness (QED) is 0.633. The monoisotopic (exact) mass is 385 g/mol. The maximum absolute atomic E-state index is 12.4. The molecule has 1 aromatic heterocycles. The predicted octanol–water partition coefficient (Wildman–Crippen LogP) is 3.08. The molecule has 1 unspecified atom stereocenters. The molecule has 9 heteroatoms. The molecular weight excluding hydrogens is 366 g/mol. The first kappa shape index (κ1) is 20.2. The van der Waals surface area contributed by atoms with Crippen LogP contribution in [0.25, 0.3) is 11.3 Å². The highest BCUT2D eigenvalue weighted by Crippen LogP contribution is 2.31. The van der Waals surface area contributed by atoms with Crippen molar-refractivity contribution in [3.8, 4) is 17.1 Å². The summed E-state index contributed by atoms with van der Waals surface area (Å²) in [6.07, 6.45) is -0.135. The number of oxazole rings is 1. The Balaban J connectivity index is 1.87. The lowest BCUT2D eigenvalue weighted by atomic mass is 10.1. The molecule has 26 heavy (non-hydrogen) atoms. The maximum atomic E-state index is 12.4. The molecule has 0 saturated carbocycles.